The van der Waals surface area contributed by atoms with E-state index in [2.05, 4.69) is 0 Å². The van der Waals surface area contributed by atoms with E-state index < -0.39 is 17.9 Å². The van der Waals surface area contributed by atoms with Gasteiger partial charge in [-0.3, -0.25) is 24.2 Å². The Kier molecular flexibility index (Phi) is 5.68. The van der Waals surface area contributed by atoms with Crippen LogP contribution < -0.4 is 0 Å². The lowest BCUT2D eigenvalue weighted by molar-refractivity contribution is -0.145. The van der Waals surface area contributed by atoms with E-state index in [0.717, 1.165) is 6.42 Å². The highest BCUT2D eigenvalue weighted by Crippen LogP contribution is 2.23. The minimum absolute atomic E-state index is 0.101. The number of likely N-dealkylation sites (N-methyl/N-ethyl adjacent to an activating group) is 1. The quantitative estimate of drug-likeness (QED) is 0.704. The number of carbonyl (C=O) groups is 3. The minimum atomic E-state index is -0.890. The molecule has 1 aliphatic rings. The van der Waals surface area contributed by atoms with Gasteiger partial charge in [-0.25, -0.2) is 0 Å². The van der Waals surface area contributed by atoms with Crippen molar-refractivity contribution in [3.63, 3.8) is 0 Å². The Morgan fingerprint density at radius 1 is 1.40 bits per heavy atom. The highest BCUT2D eigenvalue weighted by Gasteiger charge is 2.43. The molecule has 0 aliphatic carbocycles. The summed E-state index contributed by atoms with van der Waals surface area (Å²) in [6.07, 6.45) is 0.880. The van der Waals surface area contributed by atoms with E-state index in [9.17, 15) is 14.4 Å². The summed E-state index contributed by atoms with van der Waals surface area (Å²) in [5.41, 5.74) is 0. The zero-order valence-corrected chi connectivity index (χ0v) is 12.6. The van der Waals surface area contributed by atoms with E-state index in [4.69, 9.17) is 5.11 Å². The maximum Gasteiger partial charge on any atom is 0.307 e. The number of carboxylic acids is 1. The van der Waals surface area contributed by atoms with Crippen molar-refractivity contribution in [2.45, 2.75) is 52.6 Å². The van der Waals surface area contributed by atoms with Gasteiger partial charge in [-0.15, -0.1) is 0 Å². The normalized spacial score (nSPS) is 22.4. The summed E-state index contributed by atoms with van der Waals surface area (Å²) in [4.78, 5) is 38.4. The summed E-state index contributed by atoms with van der Waals surface area (Å²) in [6.45, 7) is 8.10. The number of carbonyl (C=O) groups excluding carboxylic acids is 2. The van der Waals surface area contributed by atoms with Crippen LogP contribution in [0.5, 0.6) is 0 Å². The Morgan fingerprint density at radius 3 is 2.45 bits per heavy atom. The zero-order valence-electron chi connectivity index (χ0n) is 12.6. The summed E-state index contributed by atoms with van der Waals surface area (Å²) in [7, 11) is 0. The van der Waals surface area contributed by atoms with E-state index >= 15 is 0 Å². The Morgan fingerprint density at radius 2 is 2.00 bits per heavy atom. The van der Waals surface area contributed by atoms with Crippen molar-refractivity contribution in [3.8, 4) is 0 Å². The standard InChI is InChI=1S/C14H24N2O4/c1-5-10(4)16-12(17)7-11(13(16)18)15(6-2)8-9(3)14(19)20/h9-11H,5-8H2,1-4H3,(H,19,20). The summed E-state index contributed by atoms with van der Waals surface area (Å²) in [6, 6.07) is -0.612. The van der Waals surface area contributed by atoms with Crippen LogP contribution >= 0.6 is 0 Å². The van der Waals surface area contributed by atoms with Gasteiger partial charge in [0.2, 0.25) is 11.8 Å². The largest absolute Gasteiger partial charge is 0.481 e. The summed E-state index contributed by atoms with van der Waals surface area (Å²) in [5.74, 6) is -1.80. The average molecular weight is 284 g/mol. The van der Waals surface area contributed by atoms with Crippen LogP contribution in [0.15, 0.2) is 0 Å². The maximum absolute atomic E-state index is 12.4. The van der Waals surface area contributed by atoms with E-state index in [1.165, 1.54) is 4.90 Å². The number of imide groups is 1. The highest BCUT2D eigenvalue weighted by atomic mass is 16.4. The number of amides is 2. The first kappa shape index (κ1) is 16.6. The zero-order chi connectivity index (χ0) is 15.4. The summed E-state index contributed by atoms with van der Waals surface area (Å²) < 4.78 is 0. The average Bonchev–Trinajstić information content (AvgIpc) is 2.70. The Hall–Kier alpha value is -1.43. The lowest BCUT2D eigenvalue weighted by Crippen LogP contribution is -2.46. The molecular formula is C14H24N2O4. The van der Waals surface area contributed by atoms with Crippen LogP contribution in [-0.2, 0) is 14.4 Å². The van der Waals surface area contributed by atoms with Crippen LogP contribution in [0.1, 0.15) is 40.5 Å². The van der Waals surface area contributed by atoms with E-state index in [1.54, 1.807) is 11.8 Å². The number of carboxylic acid groups (broad SMARTS) is 1. The second-order valence-corrected chi connectivity index (χ2v) is 5.41. The molecule has 0 aromatic carbocycles. The van der Waals surface area contributed by atoms with Gasteiger partial charge in [0.05, 0.1) is 18.4 Å². The smallest absolute Gasteiger partial charge is 0.307 e. The molecule has 0 radical (unpaired) electrons. The van der Waals surface area contributed by atoms with Crippen molar-refractivity contribution >= 4 is 17.8 Å². The molecule has 0 aromatic heterocycles. The fourth-order valence-electron chi connectivity index (χ4n) is 2.47. The molecule has 20 heavy (non-hydrogen) atoms. The van der Waals surface area contributed by atoms with Gasteiger partial charge in [0, 0.05) is 12.6 Å². The number of likely N-dealkylation sites (tertiary alicyclic amines) is 1. The van der Waals surface area contributed by atoms with Crippen LogP contribution in [0.3, 0.4) is 0 Å². The van der Waals surface area contributed by atoms with Crippen molar-refractivity contribution in [2.24, 2.45) is 5.92 Å². The predicted molar refractivity (Wildman–Crippen MR) is 74.1 cm³/mol. The maximum atomic E-state index is 12.4. The third kappa shape index (κ3) is 3.36. The molecule has 0 aromatic rings. The summed E-state index contributed by atoms with van der Waals surface area (Å²) in [5, 5.41) is 8.98. The van der Waals surface area contributed by atoms with Crippen LogP contribution in [0.4, 0.5) is 0 Å². The van der Waals surface area contributed by atoms with Gasteiger partial charge in [0.15, 0.2) is 0 Å². The van der Waals surface area contributed by atoms with Gasteiger partial charge in [0.1, 0.15) is 0 Å². The number of hydrogen-bond acceptors (Lipinski definition) is 4. The van der Waals surface area contributed by atoms with Crippen LogP contribution in [0.2, 0.25) is 0 Å². The van der Waals surface area contributed by atoms with Gasteiger partial charge in [-0.1, -0.05) is 20.8 Å². The molecule has 2 amide bonds. The molecule has 114 valence electrons. The van der Waals surface area contributed by atoms with Gasteiger partial charge < -0.3 is 5.11 Å². The first-order valence-corrected chi connectivity index (χ1v) is 7.16. The fourth-order valence-corrected chi connectivity index (χ4v) is 2.47. The van der Waals surface area contributed by atoms with Gasteiger partial charge in [0.25, 0.3) is 0 Å². The molecule has 3 unspecified atom stereocenters. The summed E-state index contributed by atoms with van der Waals surface area (Å²) >= 11 is 0. The molecule has 6 nitrogen and oxygen atoms in total. The Bertz CT molecular complexity index is 397. The number of rotatable bonds is 7. The molecule has 6 heteroatoms. The first-order chi connectivity index (χ1) is 9.33. The minimum Gasteiger partial charge on any atom is -0.481 e. The van der Waals surface area contributed by atoms with Crippen LogP contribution in [0, 0.1) is 5.92 Å². The monoisotopic (exact) mass is 284 g/mol. The highest BCUT2D eigenvalue weighted by molar-refractivity contribution is 6.05. The molecule has 1 N–H and O–H groups in total. The fraction of sp³-hybridized carbons (Fsp3) is 0.786. The van der Waals surface area contributed by atoms with Gasteiger partial charge in [-0.2, -0.15) is 0 Å². The van der Waals surface area contributed by atoms with E-state index in [-0.39, 0.29) is 30.8 Å². The molecule has 1 saturated heterocycles. The molecule has 1 heterocycles. The Labute approximate surface area is 119 Å². The second-order valence-electron chi connectivity index (χ2n) is 5.41. The third-order valence-electron chi connectivity index (χ3n) is 3.97. The van der Waals surface area contributed by atoms with E-state index in [1.807, 2.05) is 20.8 Å². The third-order valence-corrected chi connectivity index (χ3v) is 3.97. The molecule has 1 aliphatic heterocycles. The van der Waals surface area contributed by atoms with Crippen molar-refractivity contribution in [1.82, 2.24) is 9.80 Å². The number of nitrogens with zero attached hydrogens (tertiary/aromatic N) is 2. The number of aliphatic carboxylic acids is 1. The lowest BCUT2D eigenvalue weighted by atomic mass is 10.1. The Balaban J connectivity index is 2.82. The van der Waals surface area contributed by atoms with Gasteiger partial charge in [-0.05, 0) is 19.9 Å². The molecule has 3 atom stereocenters. The topological polar surface area (TPSA) is 77.9 Å². The first-order valence-electron chi connectivity index (χ1n) is 7.16. The van der Waals surface area contributed by atoms with Crippen LogP contribution in [0.25, 0.3) is 0 Å². The SMILES string of the molecule is CCC(C)N1C(=O)CC(N(CC)CC(C)C(=O)O)C1=O. The van der Waals surface area contributed by atoms with Gasteiger partial charge >= 0.3 is 5.97 Å². The van der Waals surface area contributed by atoms with Crippen molar-refractivity contribution in [1.29, 1.82) is 0 Å². The second kappa shape index (κ2) is 6.83. The van der Waals surface area contributed by atoms with Crippen LogP contribution in [-0.4, -0.2) is 57.9 Å². The van der Waals surface area contributed by atoms with Crippen molar-refractivity contribution in [2.75, 3.05) is 13.1 Å². The molecule has 0 spiro atoms. The van der Waals surface area contributed by atoms with Crippen molar-refractivity contribution < 1.29 is 19.5 Å². The number of hydrogen-bond donors (Lipinski definition) is 1. The molecule has 1 rings (SSSR count). The molecular weight excluding hydrogens is 260 g/mol. The van der Waals surface area contributed by atoms with E-state index in [0.29, 0.717) is 6.54 Å². The molecule has 1 fully saturated rings. The van der Waals surface area contributed by atoms with Crippen molar-refractivity contribution in [3.05, 3.63) is 0 Å². The molecule has 0 bridgehead atoms. The molecule has 0 saturated carbocycles. The lowest BCUT2D eigenvalue weighted by Gasteiger charge is -2.28. The predicted octanol–water partition coefficient (Wildman–Crippen LogP) is 0.955.